The van der Waals surface area contributed by atoms with Gasteiger partial charge >= 0.3 is 5.97 Å². The summed E-state index contributed by atoms with van der Waals surface area (Å²) in [5.74, 6) is 0.00251. The highest BCUT2D eigenvalue weighted by molar-refractivity contribution is 5.88. The van der Waals surface area contributed by atoms with Crippen LogP contribution in [-0.4, -0.2) is 49.1 Å². The second-order valence-electron chi connectivity index (χ2n) is 7.92. The summed E-state index contributed by atoms with van der Waals surface area (Å²) >= 11 is 0. The summed E-state index contributed by atoms with van der Waals surface area (Å²) in [7, 11) is 0. The van der Waals surface area contributed by atoms with Crippen LogP contribution in [0.2, 0.25) is 0 Å². The Balaban J connectivity index is 1.28. The van der Waals surface area contributed by atoms with Crippen molar-refractivity contribution in [3.05, 3.63) is 36.4 Å². The van der Waals surface area contributed by atoms with Crippen molar-refractivity contribution >= 4 is 5.97 Å². The first-order valence-electron chi connectivity index (χ1n) is 9.01. The number of aromatic nitrogens is 3. The van der Waals surface area contributed by atoms with Gasteiger partial charge in [0.1, 0.15) is 5.69 Å². The average molecular weight is 338 g/mol. The van der Waals surface area contributed by atoms with Crippen LogP contribution in [0.25, 0.3) is 11.4 Å². The maximum atomic E-state index is 11.1. The minimum atomic E-state index is -0.945. The second kappa shape index (κ2) is 4.91. The van der Waals surface area contributed by atoms with Crippen molar-refractivity contribution in [1.82, 2.24) is 19.4 Å². The molecule has 3 unspecified atom stereocenters. The van der Waals surface area contributed by atoms with Gasteiger partial charge in [0.25, 0.3) is 0 Å². The van der Waals surface area contributed by atoms with Crippen molar-refractivity contribution in [2.45, 2.75) is 38.3 Å². The number of fused-ring (bicyclic) bond motifs is 3. The molecule has 0 radical (unpaired) electrons. The van der Waals surface area contributed by atoms with Crippen LogP contribution in [-0.2, 0) is 6.54 Å². The molecule has 3 heterocycles. The molecule has 1 saturated heterocycles. The van der Waals surface area contributed by atoms with Crippen molar-refractivity contribution in [2.75, 3.05) is 13.1 Å². The van der Waals surface area contributed by atoms with Crippen LogP contribution < -0.4 is 0 Å². The first-order chi connectivity index (χ1) is 12.0. The highest BCUT2D eigenvalue weighted by Gasteiger charge is 2.87. The molecule has 3 atom stereocenters. The Morgan fingerprint density at radius 3 is 2.92 bits per heavy atom. The van der Waals surface area contributed by atoms with Crippen molar-refractivity contribution in [2.24, 2.45) is 11.3 Å². The van der Waals surface area contributed by atoms with Gasteiger partial charge in [-0.3, -0.25) is 9.88 Å². The number of rotatable bonds is 5. The summed E-state index contributed by atoms with van der Waals surface area (Å²) in [6, 6.07) is 3.07. The lowest BCUT2D eigenvalue weighted by atomic mass is 9.95. The lowest BCUT2D eigenvalue weighted by Crippen LogP contribution is -2.41. The predicted molar refractivity (Wildman–Crippen MR) is 92.2 cm³/mol. The van der Waals surface area contributed by atoms with Gasteiger partial charge in [0.15, 0.2) is 0 Å². The van der Waals surface area contributed by atoms with Gasteiger partial charge in [0.2, 0.25) is 0 Å². The molecule has 3 fully saturated rings. The Kier molecular flexibility index (Phi) is 2.96. The van der Waals surface area contributed by atoms with E-state index in [9.17, 15) is 4.79 Å². The van der Waals surface area contributed by atoms with Crippen LogP contribution in [0.1, 0.15) is 36.5 Å². The van der Waals surface area contributed by atoms with Crippen LogP contribution in [0.4, 0.5) is 0 Å². The molecule has 1 N–H and O–H groups in total. The van der Waals surface area contributed by atoms with E-state index in [-0.39, 0.29) is 5.56 Å². The molecule has 2 saturated carbocycles. The highest BCUT2D eigenvalue weighted by atomic mass is 16.4. The zero-order valence-corrected chi connectivity index (χ0v) is 14.4. The Labute approximate surface area is 146 Å². The lowest BCUT2D eigenvalue weighted by Gasteiger charge is -2.32. The molecule has 6 nitrogen and oxygen atoms in total. The fourth-order valence-electron chi connectivity index (χ4n) is 5.23. The number of hydrogen-bond donors (Lipinski definition) is 1. The van der Waals surface area contributed by atoms with Gasteiger partial charge in [-0.05, 0) is 49.3 Å². The van der Waals surface area contributed by atoms with E-state index >= 15 is 0 Å². The molecule has 0 bridgehead atoms. The predicted octanol–water partition coefficient (Wildman–Crippen LogP) is 2.52. The van der Waals surface area contributed by atoms with Gasteiger partial charge in [-0.1, -0.05) is 6.92 Å². The minimum Gasteiger partial charge on any atom is -0.478 e. The van der Waals surface area contributed by atoms with Gasteiger partial charge in [-0.25, -0.2) is 9.78 Å². The second-order valence-corrected chi connectivity index (χ2v) is 7.92. The Morgan fingerprint density at radius 1 is 1.36 bits per heavy atom. The van der Waals surface area contributed by atoms with E-state index in [1.54, 1.807) is 6.07 Å². The Bertz CT molecular complexity index is 863. The first-order valence-corrected chi connectivity index (χ1v) is 9.01. The molecule has 3 aliphatic rings. The molecule has 6 heteroatoms. The summed E-state index contributed by atoms with van der Waals surface area (Å²) in [5, 5.41) is 9.11. The van der Waals surface area contributed by atoms with Crippen molar-refractivity contribution in [3.8, 4) is 11.4 Å². The van der Waals surface area contributed by atoms with Crippen molar-refractivity contribution < 1.29 is 9.90 Å². The quantitative estimate of drug-likeness (QED) is 0.907. The number of nitrogens with zero attached hydrogens (tertiary/aromatic N) is 4. The molecule has 2 aromatic heterocycles. The Morgan fingerprint density at radius 2 is 2.20 bits per heavy atom. The molecule has 0 amide bonds. The monoisotopic (exact) mass is 338 g/mol. The van der Waals surface area contributed by atoms with Gasteiger partial charge < -0.3 is 9.67 Å². The molecular formula is C19H22N4O2. The third-order valence-corrected chi connectivity index (χ3v) is 6.80. The topological polar surface area (TPSA) is 71.2 Å². The van der Waals surface area contributed by atoms with Gasteiger partial charge in [-0.2, -0.15) is 0 Å². The van der Waals surface area contributed by atoms with E-state index in [1.165, 1.54) is 38.1 Å². The molecule has 25 heavy (non-hydrogen) atoms. The third-order valence-electron chi connectivity index (χ3n) is 6.80. The van der Waals surface area contributed by atoms with Gasteiger partial charge in [-0.15, -0.1) is 0 Å². The lowest BCUT2D eigenvalue weighted by molar-refractivity contribution is 0.0697. The van der Waals surface area contributed by atoms with Crippen molar-refractivity contribution in [1.29, 1.82) is 0 Å². The number of carbonyl (C=O) groups is 1. The van der Waals surface area contributed by atoms with Crippen LogP contribution in [0.3, 0.4) is 0 Å². The molecule has 1 aliphatic heterocycles. The number of pyridine rings is 1. The zero-order valence-electron chi connectivity index (χ0n) is 14.4. The maximum Gasteiger partial charge on any atom is 0.335 e. The summed E-state index contributed by atoms with van der Waals surface area (Å²) in [5.41, 5.74) is 2.70. The van der Waals surface area contributed by atoms with Crippen LogP contribution in [0.15, 0.2) is 30.9 Å². The van der Waals surface area contributed by atoms with E-state index in [4.69, 9.17) is 5.11 Å². The van der Waals surface area contributed by atoms with E-state index in [1.807, 2.05) is 12.5 Å². The number of imidazole rings is 1. The zero-order chi connectivity index (χ0) is 17.2. The molecular weight excluding hydrogens is 316 g/mol. The molecule has 2 aliphatic carbocycles. The highest BCUT2D eigenvalue weighted by Crippen LogP contribution is 2.86. The van der Waals surface area contributed by atoms with Gasteiger partial charge in [0, 0.05) is 31.0 Å². The summed E-state index contributed by atoms with van der Waals surface area (Å²) in [6.07, 6.45) is 9.42. The molecule has 2 aromatic rings. The van der Waals surface area contributed by atoms with Crippen LogP contribution >= 0.6 is 0 Å². The van der Waals surface area contributed by atoms with Crippen molar-refractivity contribution in [3.63, 3.8) is 0 Å². The van der Waals surface area contributed by atoms with Gasteiger partial charge in [0.05, 0.1) is 17.6 Å². The molecule has 1 spiro atoms. The molecule has 5 rings (SSSR count). The number of carboxylic acids is 1. The molecule has 0 aromatic carbocycles. The smallest absolute Gasteiger partial charge is 0.335 e. The number of carboxylic acid groups (broad SMARTS) is 1. The van der Waals surface area contributed by atoms with Crippen LogP contribution in [0.5, 0.6) is 0 Å². The summed E-state index contributed by atoms with van der Waals surface area (Å²) < 4.78 is 2.09. The summed E-state index contributed by atoms with van der Waals surface area (Å²) in [6.45, 7) is 5.64. The SMILES string of the molecule is CC12CC1C21CCCN1CCn1cnc(-c2cc(C(=O)O)ccn2)c1. The fraction of sp³-hybridized carbons (Fsp3) is 0.526. The normalized spacial score (nSPS) is 32.8. The summed E-state index contributed by atoms with van der Waals surface area (Å²) in [4.78, 5) is 22.5. The van der Waals surface area contributed by atoms with E-state index < -0.39 is 5.97 Å². The number of likely N-dealkylation sites (tertiary alicyclic amines) is 1. The third kappa shape index (κ3) is 2.03. The first kappa shape index (κ1) is 15.1. The average Bonchev–Trinajstić information content (AvgIpc) is 3.21. The standard InChI is InChI=1S/C19H22N4O2/c1-18-10-16(18)19(18)4-2-6-23(19)8-7-22-11-15(21-12-22)14-9-13(17(24)25)3-5-20-14/h3,5,9,11-12,16H,2,4,6-8,10H2,1H3,(H,24,25). The molecule has 130 valence electrons. The van der Waals surface area contributed by atoms with Crippen LogP contribution in [0, 0.1) is 11.3 Å². The Hall–Kier alpha value is -2.21. The largest absolute Gasteiger partial charge is 0.478 e. The minimum absolute atomic E-state index is 0.236. The number of hydrogen-bond acceptors (Lipinski definition) is 4. The maximum absolute atomic E-state index is 11.1. The van der Waals surface area contributed by atoms with E-state index in [0.29, 0.717) is 16.6 Å². The van der Waals surface area contributed by atoms with E-state index in [2.05, 4.69) is 26.4 Å². The number of aromatic carboxylic acids is 1. The van der Waals surface area contributed by atoms with E-state index in [0.717, 1.165) is 24.7 Å². The fourth-order valence-corrected chi connectivity index (χ4v) is 5.23.